The van der Waals surface area contributed by atoms with Crippen molar-refractivity contribution in [2.45, 2.75) is 31.4 Å². The number of aliphatic hydroxyl groups excluding tert-OH is 1. The number of ether oxygens (including phenoxy) is 1. The summed E-state index contributed by atoms with van der Waals surface area (Å²) in [6, 6.07) is 5.08. The van der Waals surface area contributed by atoms with Crippen molar-refractivity contribution in [1.82, 2.24) is 4.90 Å². The van der Waals surface area contributed by atoms with Gasteiger partial charge in [-0.25, -0.2) is 4.79 Å². The Morgan fingerprint density at radius 2 is 2.23 bits per heavy atom. The zero-order valence-corrected chi connectivity index (χ0v) is 12.0. The Balaban J connectivity index is 1.70. The molecule has 0 aliphatic carbocycles. The van der Waals surface area contributed by atoms with Crippen LogP contribution in [-0.4, -0.2) is 52.4 Å². The Hall–Kier alpha value is -2.28. The topological polar surface area (TPSA) is 99.1 Å². The molecule has 0 saturated carbocycles. The van der Waals surface area contributed by atoms with Crippen molar-refractivity contribution in [3.05, 3.63) is 23.8 Å². The molecule has 2 atom stereocenters. The first-order valence-electron chi connectivity index (χ1n) is 7.26. The smallest absolute Gasteiger partial charge is 0.407 e. The Morgan fingerprint density at radius 1 is 1.41 bits per heavy atom. The normalized spacial score (nSPS) is 23.9. The van der Waals surface area contributed by atoms with Gasteiger partial charge < -0.3 is 20.3 Å². The molecule has 1 aromatic rings. The van der Waals surface area contributed by atoms with E-state index in [4.69, 9.17) is 9.84 Å². The molecule has 2 heterocycles. The highest BCUT2D eigenvalue weighted by Gasteiger charge is 2.36. The summed E-state index contributed by atoms with van der Waals surface area (Å²) in [5, 5.41) is 21.2. The van der Waals surface area contributed by atoms with Crippen LogP contribution >= 0.6 is 0 Å². The monoisotopic (exact) mass is 306 g/mol. The van der Waals surface area contributed by atoms with Gasteiger partial charge in [0.05, 0.1) is 19.2 Å². The van der Waals surface area contributed by atoms with Crippen LogP contribution in [0.2, 0.25) is 0 Å². The molecule has 1 aromatic carbocycles. The number of fused-ring (bicyclic) bond motifs is 1. The Morgan fingerprint density at radius 3 is 2.91 bits per heavy atom. The number of hydrogen-bond acceptors (Lipinski definition) is 4. The molecule has 118 valence electrons. The predicted molar refractivity (Wildman–Crippen MR) is 78.0 cm³/mol. The van der Waals surface area contributed by atoms with Gasteiger partial charge in [-0.05, 0) is 18.1 Å². The first-order chi connectivity index (χ1) is 10.6. The second-order valence-corrected chi connectivity index (χ2v) is 5.61. The molecular weight excluding hydrogens is 288 g/mol. The first-order valence-corrected chi connectivity index (χ1v) is 7.26. The summed E-state index contributed by atoms with van der Waals surface area (Å²) < 4.78 is 5.82. The molecular formula is C15H18N2O5. The number of carboxylic acid groups (broad SMARTS) is 1. The van der Waals surface area contributed by atoms with Crippen molar-refractivity contribution in [3.8, 4) is 5.75 Å². The summed E-state index contributed by atoms with van der Waals surface area (Å²) in [5.74, 6) is 0.581. The third-order valence-electron chi connectivity index (χ3n) is 4.11. The van der Waals surface area contributed by atoms with Crippen molar-refractivity contribution in [1.29, 1.82) is 0 Å². The molecule has 22 heavy (non-hydrogen) atoms. The van der Waals surface area contributed by atoms with Crippen molar-refractivity contribution in [2.75, 3.05) is 18.5 Å². The van der Waals surface area contributed by atoms with Crippen LogP contribution in [0.25, 0.3) is 0 Å². The number of likely N-dealkylation sites (tertiary alicyclic amines) is 1. The van der Waals surface area contributed by atoms with E-state index in [1.807, 2.05) is 12.1 Å². The fraction of sp³-hybridized carbons (Fsp3) is 0.467. The van der Waals surface area contributed by atoms with Gasteiger partial charge in [0.15, 0.2) is 0 Å². The highest BCUT2D eigenvalue weighted by Crippen LogP contribution is 2.29. The fourth-order valence-corrected chi connectivity index (χ4v) is 2.98. The number of benzene rings is 1. The molecule has 3 N–H and O–H groups in total. The maximum absolute atomic E-state index is 11.4. The standard InChI is InChI=1S/C15H18N2O5/c18-8-10-5-12(7-17(10)15(20)21)22-11-3-1-9-2-4-14(19)16-13(9)6-11/h1,3,6,10,12,18H,2,4-5,7-8H2,(H,16,19)(H,20,21)/t10-,12+/m1/s1. The summed E-state index contributed by atoms with van der Waals surface area (Å²) in [6.07, 6.45) is 0.298. The van der Waals surface area contributed by atoms with E-state index in [2.05, 4.69) is 5.32 Å². The molecule has 2 amide bonds. The summed E-state index contributed by atoms with van der Waals surface area (Å²) in [4.78, 5) is 23.7. The van der Waals surface area contributed by atoms with E-state index in [9.17, 15) is 14.7 Å². The number of aryl methyl sites for hydroxylation is 1. The zero-order valence-electron chi connectivity index (χ0n) is 12.0. The van der Waals surface area contributed by atoms with Crippen molar-refractivity contribution >= 4 is 17.7 Å². The van der Waals surface area contributed by atoms with Crippen LogP contribution in [0.1, 0.15) is 18.4 Å². The van der Waals surface area contributed by atoms with Gasteiger partial charge in [0, 0.05) is 24.6 Å². The fourth-order valence-electron chi connectivity index (χ4n) is 2.98. The van der Waals surface area contributed by atoms with Gasteiger partial charge >= 0.3 is 6.09 Å². The third kappa shape index (κ3) is 2.85. The summed E-state index contributed by atoms with van der Waals surface area (Å²) in [6.45, 7) is 0.0103. The van der Waals surface area contributed by atoms with Crippen molar-refractivity contribution in [3.63, 3.8) is 0 Å². The quantitative estimate of drug-likeness (QED) is 0.775. The van der Waals surface area contributed by atoms with Gasteiger partial charge in [0.1, 0.15) is 11.9 Å². The zero-order chi connectivity index (χ0) is 15.7. The molecule has 2 aliphatic rings. The lowest BCUT2D eigenvalue weighted by atomic mass is 10.0. The molecule has 1 saturated heterocycles. The average Bonchev–Trinajstić information content (AvgIpc) is 2.90. The van der Waals surface area contributed by atoms with Gasteiger partial charge in [-0.3, -0.25) is 9.69 Å². The highest BCUT2D eigenvalue weighted by atomic mass is 16.5. The van der Waals surface area contributed by atoms with Gasteiger partial charge in [-0.2, -0.15) is 0 Å². The van der Waals surface area contributed by atoms with Crippen LogP contribution < -0.4 is 10.1 Å². The van der Waals surface area contributed by atoms with E-state index in [1.54, 1.807) is 6.07 Å². The molecule has 0 spiro atoms. The van der Waals surface area contributed by atoms with E-state index in [0.29, 0.717) is 25.0 Å². The molecule has 1 fully saturated rings. The SMILES string of the molecule is O=C1CCc2ccc(O[C@H]3C[C@H](CO)N(C(=O)O)C3)cc2N1. The summed E-state index contributed by atoms with van der Waals surface area (Å²) >= 11 is 0. The average molecular weight is 306 g/mol. The number of carbonyl (C=O) groups excluding carboxylic acids is 1. The number of amides is 2. The van der Waals surface area contributed by atoms with Gasteiger partial charge in [0.25, 0.3) is 0 Å². The third-order valence-corrected chi connectivity index (χ3v) is 4.11. The van der Waals surface area contributed by atoms with Gasteiger partial charge in [-0.1, -0.05) is 6.07 Å². The molecule has 0 bridgehead atoms. The Bertz CT molecular complexity index is 604. The largest absolute Gasteiger partial charge is 0.488 e. The molecule has 0 aromatic heterocycles. The molecule has 2 aliphatic heterocycles. The van der Waals surface area contributed by atoms with E-state index in [0.717, 1.165) is 11.3 Å². The molecule has 3 rings (SSSR count). The van der Waals surface area contributed by atoms with Crippen molar-refractivity contribution < 1.29 is 24.5 Å². The number of nitrogens with one attached hydrogen (secondary N) is 1. The van der Waals surface area contributed by atoms with Gasteiger partial charge in [-0.15, -0.1) is 0 Å². The van der Waals surface area contributed by atoms with E-state index < -0.39 is 12.1 Å². The number of nitrogens with zero attached hydrogens (tertiary/aromatic N) is 1. The van der Waals surface area contributed by atoms with Crippen LogP contribution in [0.3, 0.4) is 0 Å². The second-order valence-electron chi connectivity index (χ2n) is 5.61. The number of hydrogen-bond donors (Lipinski definition) is 3. The summed E-state index contributed by atoms with van der Waals surface area (Å²) in [7, 11) is 0. The van der Waals surface area contributed by atoms with E-state index in [1.165, 1.54) is 4.90 Å². The Labute approximate surface area is 127 Å². The van der Waals surface area contributed by atoms with E-state index in [-0.39, 0.29) is 25.2 Å². The molecule has 0 unspecified atom stereocenters. The maximum Gasteiger partial charge on any atom is 0.407 e. The van der Waals surface area contributed by atoms with Crippen LogP contribution in [-0.2, 0) is 11.2 Å². The minimum absolute atomic E-state index is 0.0112. The van der Waals surface area contributed by atoms with Crippen molar-refractivity contribution in [2.24, 2.45) is 0 Å². The Kier molecular flexibility index (Phi) is 3.89. The number of carbonyl (C=O) groups is 2. The van der Waals surface area contributed by atoms with Gasteiger partial charge in [0.2, 0.25) is 5.91 Å². The minimum atomic E-state index is -1.05. The highest BCUT2D eigenvalue weighted by molar-refractivity contribution is 5.94. The van der Waals surface area contributed by atoms with Crippen LogP contribution in [0.15, 0.2) is 18.2 Å². The summed E-state index contributed by atoms with van der Waals surface area (Å²) in [5.41, 5.74) is 1.82. The lowest BCUT2D eigenvalue weighted by Gasteiger charge is -2.19. The van der Waals surface area contributed by atoms with Crippen LogP contribution in [0.4, 0.5) is 10.5 Å². The number of rotatable bonds is 3. The maximum atomic E-state index is 11.4. The predicted octanol–water partition coefficient (Wildman–Crippen LogP) is 1.06. The molecule has 7 heteroatoms. The lowest BCUT2D eigenvalue weighted by Crippen LogP contribution is -2.36. The lowest BCUT2D eigenvalue weighted by molar-refractivity contribution is -0.116. The van der Waals surface area contributed by atoms with Crippen LogP contribution in [0.5, 0.6) is 5.75 Å². The molecule has 7 nitrogen and oxygen atoms in total. The molecule has 0 radical (unpaired) electrons. The first kappa shape index (κ1) is 14.6. The van der Waals surface area contributed by atoms with Crippen LogP contribution in [0, 0.1) is 0 Å². The number of anilines is 1. The van der Waals surface area contributed by atoms with E-state index >= 15 is 0 Å². The number of aliphatic hydroxyl groups is 1. The minimum Gasteiger partial charge on any atom is -0.488 e. The second kappa shape index (κ2) is 5.84.